The second-order valence-corrected chi connectivity index (χ2v) is 4.23. The fourth-order valence-electron chi connectivity index (χ4n) is 2.12. The van der Waals surface area contributed by atoms with Crippen LogP contribution in [0.25, 0.3) is 5.57 Å². The molecule has 1 aliphatic rings. The molecule has 94 valence electrons. The molecule has 0 unspecified atom stereocenters. The van der Waals surface area contributed by atoms with Gasteiger partial charge < -0.3 is 10.2 Å². The number of hydrogen-bond acceptors (Lipinski definition) is 2. The number of amidine groups is 1. The normalized spacial score (nSPS) is 16.4. The molecule has 1 aromatic rings. The monoisotopic (exact) mass is 254 g/mol. The Kier molecular flexibility index (Phi) is 4.82. The van der Waals surface area contributed by atoms with Gasteiger partial charge in [-0.15, -0.1) is 12.4 Å². The number of halogens is 1. The maximum Gasteiger partial charge on any atom is 0.169 e. The van der Waals surface area contributed by atoms with Gasteiger partial charge in [0.05, 0.1) is 0 Å². The van der Waals surface area contributed by atoms with Crippen molar-refractivity contribution in [3.63, 3.8) is 0 Å². The maximum atomic E-state index is 7.38. The van der Waals surface area contributed by atoms with Crippen molar-refractivity contribution >= 4 is 23.8 Å². The van der Waals surface area contributed by atoms with Crippen molar-refractivity contribution in [3.05, 3.63) is 29.2 Å². The third kappa shape index (κ3) is 2.91. The van der Waals surface area contributed by atoms with Crippen LogP contribution >= 0.6 is 12.4 Å². The summed E-state index contributed by atoms with van der Waals surface area (Å²) in [6, 6.07) is 1.92. The molecule has 0 aromatic carbocycles. The smallest absolute Gasteiger partial charge is 0.169 e. The first kappa shape index (κ1) is 13.8. The van der Waals surface area contributed by atoms with Gasteiger partial charge in [-0.05, 0) is 30.9 Å². The van der Waals surface area contributed by atoms with Crippen molar-refractivity contribution in [1.82, 2.24) is 0 Å². The number of nitrogens with one attached hydrogen (secondary N) is 1. The molecule has 0 radical (unpaired) electrons. The number of furan rings is 1. The topological polar surface area (TPSA) is 63.0 Å². The van der Waals surface area contributed by atoms with Gasteiger partial charge in [0.25, 0.3) is 0 Å². The Balaban J connectivity index is 0.00000144. The number of nitrogens with two attached hydrogens (primary N) is 1. The summed E-state index contributed by atoms with van der Waals surface area (Å²) in [5.41, 5.74) is 7.97. The molecule has 0 saturated carbocycles. The zero-order chi connectivity index (χ0) is 11.5. The molecule has 0 bridgehead atoms. The first-order chi connectivity index (χ1) is 7.72. The first-order valence-corrected chi connectivity index (χ1v) is 5.89. The van der Waals surface area contributed by atoms with Crippen molar-refractivity contribution in [2.75, 3.05) is 0 Å². The highest BCUT2D eigenvalue weighted by Crippen LogP contribution is 2.33. The third-order valence-electron chi connectivity index (χ3n) is 2.95. The van der Waals surface area contributed by atoms with Crippen molar-refractivity contribution in [2.45, 2.75) is 39.0 Å². The van der Waals surface area contributed by atoms with E-state index in [4.69, 9.17) is 15.6 Å². The number of aryl methyl sites for hydroxylation is 1. The van der Waals surface area contributed by atoms with Crippen molar-refractivity contribution in [1.29, 1.82) is 5.41 Å². The predicted octanol–water partition coefficient (Wildman–Crippen LogP) is 3.51. The summed E-state index contributed by atoms with van der Waals surface area (Å²) in [7, 11) is 0. The van der Waals surface area contributed by atoms with Gasteiger partial charge >= 0.3 is 0 Å². The lowest BCUT2D eigenvalue weighted by Crippen LogP contribution is -2.09. The largest absolute Gasteiger partial charge is 0.457 e. The van der Waals surface area contributed by atoms with Crippen LogP contribution < -0.4 is 5.73 Å². The molecule has 0 atom stereocenters. The van der Waals surface area contributed by atoms with Gasteiger partial charge in [-0.3, -0.25) is 5.41 Å². The predicted molar refractivity (Wildman–Crippen MR) is 72.8 cm³/mol. The van der Waals surface area contributed by atoms with Crippen LogP contribution in [-0.2, 0) is 6.42 Å². The highest BCUT2D eigenvalue weighted by Gasteiger charge is 2.19. The maximum absolute atomic E-state index is 7.38. The van der Waals surface area contributed by atoms with E-state index in [9.17, 15) is 0 Å². The molecule has 4 heteroatoms. The molecular weight excluding hydrogens is 236 g/mol. The standard InChI is InChI=1S/C13H18N2O.ClH/c1-2-3-5-9-6-4-7-11-10(9)8-12(16-11)13(14)15;/h5,8H,2-4,6-7H2,1H3,(H3,14,15);1H. The Labute approximate surface area is 108 Å². The summed E-state index contributed by atoms with van der Waals surface area (Å²) >= 11 is 0. The Bertz CT molecular complexity index is 435. The van der Waals surface area contributed by atoms with Crippen molar-refractivity contribution < 1.29 is 4.42 Å². The second kappa shape index (κ2) is 5.92. The lowest BCUT2D eigenvalue weighted by Gasteiger charge is -2.13. The quantitative estimate of drug-likeness (QED) is 0.641. The van der Waals surface area contributed by atoms with Gasteiger partial charge in [-0.2, -0.15) is 0 Å². The van der Waals surface area contributed by atoms with E-state index in [1.54, 1.807) is 0 Å². The summed E-state index contributed by atoms with van der Waals surface area (Å²) in [6.07, 6.45) is 7.77. The minimum atomic E-state index is 0. The molecule has 0 amide bonds. The minimum absolute atomic E-state index is 0. The molecule has 1 heterocycles. The van der Waals surface area contributed by atoms with Gasteiger partial charge in [-0.25, -0.2) is 0 Å². The fourth-order valence-corrected chi connectivity index (χ4v) is 2.12. The third-order valence-corrected chi connectivity index (χ3v) is 2.95. The molecule has 0 aliphatic heterocycles. The Morgan fingerprint density at radius 3 is 2.94 bits per heavy atom. The number of hydrogen-bond donors (Lipinski definition) is 2. The Morgan fingerprint density at radius 2 is 2.29 bits per heavy atom. The number of rotatable bonds is 3. The highest BCUT2D eigenvalue weighted by molar-refractivity contribution is 5.93. The SMILES string of the molecule is CCCC=C1CCCc2oc(C(=N)N)cc21.Cl. The van der Waals surface area contributed by atoms with E-state index in [2.05, 4.69) is 13.0 Å². The zero-order valence-corrected chi connectivity index (χ0v) is 10.9. The van der Waals surface area contributed by atoms with Crippen LogP contribution in [0.1, 0.15) is 49.7 Å². The number of fused-ring (bicyclic) bond motifs is 1. The molecule has 3 nitrogen and oxygen atoms in total. The van der Waals surface area contributed by atoms with Crippen LogP contribution in [0.3, 0.4) is 0 Å². The van der Waals surface area contributed by atoms with E-state index in [1.807, 2.05) is 6.07 Å². The molecule has 1 aliphatic carbocycles. The van der Waals surface area contributed by atoms with E-state index in [1.165, 1.54) is 11.1 Å². The van der Waals surface area contributed by atoms with Crippen LogP contribution in [0.4, 0.5) is 0 Å². The molecule has 1 aromatic heterocycles. The molecule has 17 heavy (non-hydrogen) atoms. The summed E-state index contributed by atoms with van der Waals surface area (Å²) < 4.78 is 5.59. The molecule has 0 spiro atoms. The number of unbranched alkanes of at least 4 members (excludes halogenated alkanes) is 1. The summed E-state index contributed by atoms with van der Waals surface area (Å²) in [6.45, 7) is 2.18. The zero-order valence-electron chi connectivity index (χ0n) is 10.1. The Morgan fingerprint density at radius 1 is 1.53 bits per heavy atom. The minimum Gasteiger partial charge on any atom is -0.457 e. The molecule has 0 saturated heterocycles. The van der Waals surface area contributed by atoms with E-state index >= 15 is 0 Å². The Hall–Kier alpha value is -1.22. The first-order valence-electron chi connectivity index (χ1n) is 5.89. The lowest BCUT2D eigenvalue weighted by atomic mass is 9.92. The molecule has 0 fully saturated rings. The van der Waals surface area contributed by atoms with Crippen LogP contribution in [0.5, 0.6) is 0 Å². The lowest BCUT2D eigenvalue weighted by molar-refractivity contribution is 0.489. The average Bonchev–Trinajstić information content (AvgIpc) is 2.70. The average molecular weight is 255 g/mol. The highest BCUT2D eigenvalue weighted by atomic mass is 35.5. The number of nitrogen functional groups attached to an aromatic ring is 1. The van der Waals surface area contributed by atoms with Gasteiger partial charge in [0.1, 0.15) is 5.76 Å². The van der Waals surface area contributed by atoms with E-state index in [-0.39, 0.29) is 18.2 Å². The molecule has 3 N–H and O–H groups in total. The van der Waals surface area contributed by atoms with Crippen LogP contribution in [-0.4, -0.2) is 5.84 Å². The van der Waals surface area contributed by atoms with Gasteiger partial charge in [-0.1, -0.05) is 19.4 Å². The number of allylic oxidation sites excluding steroid dienone is 2. The van der Waals surface area contributed by atoms with Gasteiger partial charge in [0.15, 0.2) is 11.6 Å². The second-order valence-electron chi connectivity index (χ2n) is 4.23. The van der Waals surface area contributed by atoms with E-state index in [0.29, 0.717) is 5.76 Å². The summed E-state index contributed by atoms with van der Waals surface area (Å²) in [5.74, 6) is 1.53. The van der Waals surface area contributed by atoms with Crippen LogP contribution in [0.2, 0.25) is 0 Å². The summed E-state index contributed by atoms with van der Waals surface area (Å²) in [5, 5.41) is 7.38. The van der Waals surface area contributed by atoms with E-state index in [0.717, 1.165) is 37.9 Å². The van der Waals surface area contributed by atoms with Crippen molar-refractivity contribution in [3.8, 4) is 0 Å². The molecule has 2 rings (SSSR count). The summed E-state index contributed by atoms with van der Waals surface area (Å²) in [4.78, 5) is 0. The van der Waals surface area contributed by atoms with Crippen molar-refractivity contribution in [2.24, 2.45) is 5.73 Å². The van der Waals surface area contributed by atoms with Gasteiger partial charge in [0.2, 0.25) is 0 Å². The van der Waals surface area contributed by atoms with Crippen LogP contribution in [0.15, 0.2) is 16.6 Å². The van der Waals surface area contributed by atoms with Gasteiger partial charge in [0, 0.05) is 12.0 Å². The molecular formula is C13H19ClN2O. The van der Waals surface area contributed by atoms with E-state index < -0.39 is 0 Å². The fraction of sp³-hybridized carbons (Fsp3) is 0.462. The van der Waals surface area contributed by atoms with Crippen LogP contribution in [0, 0.1) is 5.41 Å².